The van der Waals surface area contributed by atoms with E-state index >= 15 is 0 Å². The Morgan fingerprint density at radius 3 is 2.33 bits per heavy atom. The van der Waals surface area contributed by atoms with E-state index < -0.39 is 6.10 Å². The van der Waals surface area contributed by atoms with E-state index in [0.717, 1.165) is 11.3 Å². The first-order valence-electron chi connectivity index (χ1n) is 7.29. The van der Waals surface area contributed by atoms with Gasteiger partial charge in [0.15, 0.2) is 5.75 Å². The molecule has 114 valence electrons. The molecule has 0 amide bonds. The maximum absolute atomic E-state index is 10.6. The van der Waals surface area contributed by atoms with Gasteiger partial charge in [-0.05, 0) is 33.3 Å². The summed E-state index contributed by atoms with van der Waals surface area (Å²) in [6.07, 6.45) is 1.59. The Bertz CT molecular complexity index is 597. The van der Waals surface area contributed by atoms with Gasteiger partial charge in [-0.1, -0.05) is 29.3 Å². The van der Waals surface area contributed by atoms with Crippen LogP contribution in [0.5, 0.6) is 5.75 Å². The van der Waals surface area contributed by atoms with Gasteiger partial charge in [0, 0.05) is 12.5 Å². The Morgan fingerprint density at radius 2 is 1.81 bits per heavy atom. The summed E-state index contributed by atoms with van der Waals surface area (Å²) in [5, 5.41) is 15.0. The molecule has 0 fully saturated rings. The first kappa shape index (κ1) is 15.6. The molecular formula is C17H24N2O2. The molecule has 1 atom stereocenters. The van der Waals surface area contributed by atoms with E-state index in [2.05, 4.69) is 37.1 Å². The standard InChI is InChI=1S/C17H24N2O2/c1-11(2)19-17(16(21-5)10-18-19)15(20)9-14-7-12(3)6-13(4)8-14/h6-8,10-11,15,20H,9H2,1-5H3. The zero-order valence-electron chi connectivity index (χ0n) is 13.4. The maximum atomic E-state index is 10.6. The van der Waals surface area contributed by atoms with Crippen LogP contribution in [0.1, 0.15) is 48.4 Å². The zero-order chi connectivity index (χ0) is 15.6. The molecule has 0 spiro atoms. The molecule has 2 rings (SSSR count). The molecule has 4 nitrogen and oxygen atoms in total. The Morgan fingerprint density at radius 1 is 1.19 bits per heavy atom. The fourth-order valence-corrected chi connectivity index (χ4v) is 2.75. The molecule has 0 aliphatic carbocycles. The quantitative estimate of drug-likeness (QED) is 0.917. The topological polar surface area (TPSA) is 47.3 Å². The molecule has 0 bridgehead atoms. The normalized spacial score (nSPS) is 12.7. The second-order valence-electron chi connectivity index (χ2n) is 5.85. The summed E-state index contributed by atoms with van der Waals surface area (Å²) in [7, 11) is 1.61. The van der Waals surface area contributed by atoms with Crippen molar-refractivity contribution in [2.45, 2.75) is 46.3 Å². The fourth-order valence-electron chi connectivity index (χ4n) is 2.75. The molecule has 0 aliphatic heterocycles. The Hall–Kier alpha value is -1.81. The smallest absolute Gasteiger partial charge is 0.162 e. The van der Waals surface area contributed by atoms with Gasteiger partial charge in [0.05, 0.1) is 13.3 Å². The van der Waals surface area contributed by atoms with E-state index in [1.807, 2.05) is 18.5 Å². The summed E-state index contributed by atoms with van der Waals surface area (Å²) < 4.78 is 7.16. The third-order valence-electron chi connectivity index (χ3n) is 3.53. The van der Waals surface area contributed by atoms with E-state index in [0.29, 0.717) is 12.2 Å². The van der Waals surface area contributed by atoms with Gasteiger partial charge < -0.3 is 9.84 Å². The van der Waals surface area contributed by atoms with Crippen LogP contribution in [0.2, 0.25) is 0 Å². The third kappa shape index (κ3) is 3.45. The number of ether oxygens (including phenoxy) is 1. The minimum atomic E-state index is -0.633. The van der Waals surface area contributed by atoms with Crippen LogP contribution < -0.4 is 4.74 Å². The Labute approximate surface area is 126 Å². The second kappa shape index (κ2) is 6.31. The predicted molar refractivity (Wildman–Crippen MR) is 83.7 cm³/mol. The number of hydrogen-bond donors (Lipinski definition) is 1. The number of nitrogens with zero attached hydrogens (tertiary/aromatic N) is 2. The lowest BCUT2D eigenvalue weighted by molar-refractivity contribution is 0.160. The molecule has 1 aromatic carbocycles. The fraction of sp³-hybridized carbons (Fsp3) is 0.471. The number of aliphatic hydroxyl groups is 1. The van der Waals surface area contributed by atoms with E-state index in [9.17, 15) is 5.11 Å². The van der Waals surface area contributed by atoms with Crippen molar-refractivity contribution in [1.29, 1.82) is 0 Å². The van der Waals surface area contributed by atoms with Crippen LogP contribution >= 0.6 is 0 Å². The first-order valence-corrected chi connectivity index (χ1v) is 7.29. The van der Waals surface area contributed by atoms with E-state index in [4.69, 9.17) is 4.74 Å². The van der Waals surface area contributed by atoms with Gasteiger partial charge in [-0.3, -0.25) is 4.68 Å². The first-order chi connectivity index (χ1) is 9.92. The third-order valence-corrected chi connectivity index (χ3v) is 3.53. The van der Waals surface area contributed by atoms with Crippen molar-refractivity contribution in [2.75, 3.05) is 7.11 Å². The molecule has 4 heteroatoms. The number of aromatic nitrogens is 2. The molecule has 1 aromatic heterocycles. The molecule has 2 aromatic rings. The SMILES string of the molecule is COc1cnn(C(C)C)c1C(O)Cc1cc(C)cc(C)c1. The van der Waals surface area contributed by atoms with Crippen LogP contribution in [-0.4, -0.2) is 22.0 Å². The van der Waals surface area contributed by atoms with Gasteiger partial charge in [0.2, 0.25) is 0 Å². The van der Waals surface area contributed by atoms with Gasteiger partial charge in [0.25, 0.3) is 0 Å². The van der Waals surface area contributed by atoms with Gasteiger partial charge in [-0.2, -0.15) is 5.10 Å². The molecule has 1 heterocycles. The van der Waals surface area contributed by atoms with E-state index in [1.54, 1.807) is 13.3 Å². The zero-order valence-corrected chi connectivity index (χ0v) is 13.4. The van der Waals surface area contributed by atoms with Crippen molar-refractivity contribution < 1.29 is 9.84 Å². The van der Waals surface area contributed by atoms with Crippen LogP contribution in [0.25, 0.3) is 0 Å². The van der Waals surface area contributed by atoms with E-state index in [1.165, 1.54) is 11.1 Å². The minimum Gasteiger partial charge on any atom is -0.493 e. The summed E-state index contributed by atoms with van der Waals surface area (Å²) in [6, 6.07) is 6.53. The summed E-state index contributed by atoms with van der Waals surface area (Å²) in [6.45, 7) is 8.22. The molecule has 1 unspecified atom stereocenters. The van der Waals surface area contributed by atoms with Gasteiger partial charge in [-0.25, -0.2) is 0 Å². The summed E-state index contributed by atoms with van der Waals surface area (Å²) in [4.78, 5) is 0. The maximum Gasteiger partial charge on any atom is 0.162 e. The number of rotatable bonds is 5. The van der Waals surface area contributed by atoms with Crippen molar-refractivity contribution in [2.24, 2.45) is 0 Å². The van der Waals surface area contributed by atoms with Crippen molar-refractivity contribution >= 4 is 0 Å². The van der Waals surface area contributed by atoms with Crippen LogP contribution in [0.15, 0.2) is 24.4 Å². The second-order valence-corrected chi connectivity index (χ2v) is 5.85. The van der Waals surface area contributed by atoms with Crippen molar-refractivity contribution in [3.05, 3.63) is 46.8 Å². The van der Waals surface area contributed by atoms with Crippen molar-refractivity contribution in [3.8, 4) is 5.75 Å². The Kier molecular flexibility index (Phi) is 4.68. The van der Waals surface area contributed by atoms with Crippen molar-refractivity contribution in [3.63, 3.8) is 0 Å². The average Bonchev–Trinajstić information content (AvgIpc) is 2.81. The monoisotopic (exact) mass is 288 g/mol. The highest BCUT2D eigenvalue weighted by atomic mass is 16.5. The predicted octanol–water partition coefficient (Wildman–Crippen LogP) is 3.37. The molecule has 0 saturated carbocycles. The number of aryl methyl sites for hydroxylation is 2. The van der Waals surface area contributed by atoms with Gasteiger partial charge >= 0.3 is 0 Å². The highest BCUT2D eigenvalue weighted by Crippen LogP contribution is 2.30. The van der Waals surface area contributed by atoms with Gasteiger partial charge in [-0.15, -0.1) is 0 Å². The Balaban J connectivity index is 2.31. The van der Waals surface area contributed by atoms with Crippen LogP contribution in [0, 0.1) is 13.8 Å². The number of aliphatic hydroxyl groups excluding tert-OH is 1. The van der Waals surface area contributed by atoms with Crippen LogP contribution in [0.3, 0.4) is 0 Å². The average molecular weight is 288 g/mol. The number of methoxy groups -OCH3 is 1. The molecular weight excluding hydrogens is 264 g/mol. The lowest BCUT2D eigenvalue weighted by Gasteiger charge is -2.17. The summed E-state index contributed by atoms with van der Waals surface area (Å²) >= 11 is 0. The molecule has 0 aliphatic rings. The highest BCUT2D eigenvalue weighted by Gasteiger charge is 2.21. The lowest BCUT2D eigenvalue weighted by atomic mass is 10.0. The van der Waals surface area contributed by atoms with Gasteiger partial charge in [0.1, 0.15) is 11.8 Å². The lowest BCUT2D eigenvalue weighted by Crippen LogP contribution is -2.14. The highest BCUT2D eigenvalue weighted by molar-refractivity contribution is 5.32. The molecule has 0 radical (unpaired) electrons. The number of benzene rings is 1. The summed E-state index contributed by atoms with van der Waals surface area (Å²) in [5.41, 5.74) is 4.29. The van der Waals surface area contributed by atoms with Crippen molar-refractivity contribution in [1.82, 2.24) is 9.78 Å². The minimum absolute atomic E-state index is 0.179. The summed E-state index contributed by atoms with van der Waals surface area (Å²) in [5.74, 6) is 0.639. The van der Waals surface area contributed by atoms with E-state index in [-0.39, 0.29) is 6.04 Å². The molecule has 0 saturated heterocycles. The van der Waals surface area contributed by atoms with Crippen LogP contribution in [0.4, 0.5) is 0 Å². The number of hydrogen-bond acceptors (Lipinski definition) is 3. The molecule has 1 N–H and O–H groups in total. The van der Waals surface area contributed by atoms with Crippen LogP contribution in [-0.2, 0) is 6.42 Å². The largest absolute Gasteiger partial charge is 0.493 e. The molecule has 21 heavy (non-hydrogen) atoms.